The topological polar surface area (TPSA) is 102 Å². The molecule has 0 radical (unpaired) electrons. The molecule has 0 saturated carbocycles. The highest BCUT2D eigenvalue weighted by Gasteiger charge is 2.46. The number of aliphatic hydroxyl groups excluding tert-OH is 1. The lowest BCUT2D eigenvalue weighted by atomic mass is 9.95. The van der Waals surface area contributed by atoms with Crippen LogP contribution >= 0.6 is 23.2 Å². The molecular weight excluding hydrogens is 481 g/mol. The largest absolute Gasteiger partial charge is 0.507 e. The first-order valence-corrected chi connectivity index (χ1v) is 10.8. The molecule has 34 heavy (non-hydrogen) atoms. The molecule has 1 aliphatic rings. The quantitative estimate of drug-likeness (QED) is 0.304. The van der Waals surface area contributed by atoms with Crippen LogP contribution in [0.2, 0.25) is 10.0 Å². The van der Waals surface area contributed by atoms with Crippen LogP contribution in [0.15, 0.2) is 60.6 Å². The van der Waals surface area contributed by atoms with E-state index >= 15 is 0 Å². The number of hydrogen-bond donors (Lipinski definition) is 1. The number of aliphatic hydroxyl groups is 1. The average Bonchev–Trinajstić information content (AvgIpc) is 3.09. The fourth-order valence-corrected chi connectivity index (χ4v) is 4.58. The van der Waals surface area contributed by atoms with Gasteiger partial charge in [-0.15, -0.1) is 0 Å². The zero-order chi connectivity index (χ0) is 24.4. The molecule has 0 bridgehead atoms. The molecule has 10 heteroatoms. The van der Waals surface area contributed by atoms with Gasteiger partial charge < -0.3 is 19.5 Å². The number of nitrogens with zero attached hydrogens (tertiary/aromatic N) is 3. The number of Topliss-reactive ketones (excluding diaryl/α,β-unsaturated/α-hetero) is 1. The fourth-order valence-electron chi connectivity index (χ4n) is 3.89. The molecule has 3 heterocycles. The van der Waals surface area contributed by atoms with Gasteiger partial charge in [-0.25, -0.2) is 0 Å². The number of benzene rings is 1. The van der Waals surface area contributed by atoms with E-state index in [1.54, 1.807) is 36.5 Å². The minimum Gasteiger partial charge on any atom is -0.507 e. The van der Waals surface area contributed by atoms with Crippen LogP contribution in [0.3, 0.4) is 0 Å². The number of aromatic nitrogens is 2. The molecule has 1 amide bonds. The minimum atomic E-state index is -0.908. The maximum atomic E-state index is 13.2. The van der Waals surface area contributed by atoms with Crippen molar-refractivity contribution in [3.63, 3.8) is 0 Å². The van der Waals surface area contributed by atoms with E-state index in [1.807, 2.05) is 0 Å². The van der Waals surface area contributed by atoms with Crippen LogP contribution in [0.25, 0.3) is 5.76 Å². The third-order valence-corrected chi connectivity index (χ3v) is 6.04. The lowest BCUT2D eigenvalue weighted by molar-refractivity contribution is -0.140. The summed E-state index contributed by atoms with van der Waals surface area (Å²) in [5.41, 5.74) is 1.07. The van der Waals surface area contributed by atoms with E-state index in [0.29, 0.717) is 11.3 Å². The number of likely N-dealkylation sites (tertiary alicyclic amines) is 1. The average molecular weight is 500 g/mol. The Kier molecular flexibility index (Phi) is 6.72. The van der Waals surface area contributed by atoms with E-state index in [9.17, 15) is 14.7 Å². The molecule has 174 valence electrons. The first kappa shape index (κ1) is 23.5. The second-order valence-electron chi connectivity index (χ2n) is 7.32. The number of ether oxygens (including phenoxy) is 2. The Morgan fingerprint density at radius 3 is 2.38 bits per heavy atom. The highest BCUT2D eigenvalue weighted by molar-refractivity contribution is 6.47. The summed E-state index contributed by atoms with van der Waals surface area (Å²) in [4.78, 5) is 36.0. The van der Waals surface area contributed by atoms with Gasteiger partial charge in [0.2, 0.25) is 0 Å². The van der Waals surface area contributed by atoms with Crippen molar-refractivity contribution >= 4 is 40.7 Å². The zero-order valence-electron chi connectivity index (χ0n) is 18.2. The summed E-state index contributed by atoms with van der Waals surface area (Å²) in [7, 11) is 2.74. The van der Waals surface area contributed by atoms with Gasteiger partial charge in [0.1, 0.15) is 10.8 Å². The smallest absolute Gasteiger partial charge is 0.296 e. The number of methoxy groups -OCH3 is 2. The number of ketones is 1. The Hall–Kier alpha value is -3.62. The zero-order valence-corrected chi connectivity index (χ0v) is 19.7. The SMILES string of the molecule is COc1c(Cl)cc(/C(O)=C2\C(=O)C(=O)N(Cc3ccccn3)C2c2ccncc2)c(OC)c1Cl. The molecule has 2 aromatic heterocycles. The Balaban J connectivity index is 1.93. The summed E-state index contributed by atoms with van der Waals surface area (Å²) in [6.45, 7) is 0.0520. The van der Waals surface area contributed by atoms with Gasteiger partial charge >= 0.3 is 0 Å². The maximum Gasteiger partial charge on any atom is 0.296 e. The summed E-state index contributed by atoms with van der Waals surface area (Å²) < 4.78 is 10.6. The molecule has 3 aromatic rings. The Morgan fingerprint density at radius 1 is 1.06 bits per heavy atom. The lowest BCUT2D eigenvalue weighted by Crippen LogP contribution is -2.29. The highest BCUT2D eigenvalue weighted by Crippen LogP contribution is 2.47. The van der Waals surface area contributed by atoms with Gasteiger partial charge in [-0.2, -0.15) is 0 Å². The minimum absolute atomic E-state index is 0.0159. The number of carbonyl (C=O) groups excluding carboxylic acids is 2. The molecule has 1 atom stereocenters. The Labute approximate surface area is 205 Å². The van der Waals surface area contributed by atoms with E-state index in [1.165, 1.54) is 37.6 Å². The molecule has 8 nitrogen and oxygen atoms in total. The number of hydrogen-bond acceptors (Lipinski definition) is 7. The molecule has 0 aliphatic carbocycles. The molecule has 1 aromatic carbocycles. The second-order valence-corrected chi connectivity index (χ2v) is 8.10. The van der Waals surface area contributed by atoms with Gasteiger partial charge in [0.05, 0.1) is 48.7 Å². The van der Waals surface area contributed by atoms with Crippen molar-refractivity contribution in [2.75, 3.05) is 14.2 Å². The van der Waals surface area contributed by atoms with Crippen LogP contribution in [0.4, 0.5) is 0 Å². The van der Waals surface area contributed by atoms with Gasteiger partial charge in [-0.1, -0.05) is 29.3 Å². The molecule has 0 spiro atoms. The third-order valence-electron chi connectivity index (χ3n) is 5.41. The van der Waals surface area contributed by atoms with Gasteiger partial charge in [0.15, 0.2) is 11.5 Å². The van der Waals surface area contributed by atoms with Gasteiger partial charge in [-0.3, -0.25) is 19.6 Å². The number of pyridine rings is 2. The Bertz CT molecular complexity index is 1280. The highest BCUT2D eigenvalue weighted by atomic mass is 35.5. The standard InChI is InChI=1S/C24H19Cl2N3O5/c1-33-22-15(11-16(25)23(34-2)18(22)26)20(30)17-19(13-6-9-27-10-7-13)29(24(32)21(17)31)12-14-5-3-4-8-28-14/h3-11,19,30H,12H2,1-2H3/b20-17+. The van der Waals surface area contributed by atoms with E-state index in [0.717, 1.165) is 0 Å². The fraction of sp³-hybridized carbons (Fsp3) is 0.167. The van der Waals surface area contributed by atoms with E-state index in [2.05, 4.69) is 9.97 Å². The van der Waals surface area contributed by atoms with Gasteiger partial charge in [-0.05, 0) is 35.9 Å². The summed E-state index contributed by atoms with van der Waals surface area (Å²) in [5, 5.41) is 11.5. The van der Waals surface area contributed by atoms with E-state index < -0.39 is 23.5 Å². The summed E-state index contributed by atoms with van der Waals surface area (Å²) in [5.74, 6) is -1.92. The van der Waals surface area contributed by atoms with Crippen molar-refractivity contribution in [3.05, 3.63) is 87.4 Å². The molecule has 1 aliphatic heterocycles. The lowest BCUT2D eigenvalue weighted by Gasteiger charge is -2.25. The van der Waals surface area contributed by atoms with Crippen molar-refractivity contribution in [1.82, 2.24) is 14.9 Å². The number of rotatable bonds is 6. The van der Waals surface area contributed by atoms with Crippen molar-refractivity contribution < 1.29 is 24.2 Å². The van der Waals surface area contributed by atoms with Crippen LogP contribution in [0, 0.1) is 0 Å². The molecule has 1 fully saturated rings. The van der Waals surface area contributed by atoms with E-state index in [-0.39, 0.29) is 39.2 Å². The monoisotopic (exact) mass is 499 g/mol. The summed E-state index contributed by atoms with van der Waals surface area (Å²) in [6.07, 6.45) is 4.68. The van der Waals surface area contributed by atoms with Crippen molar-refractivity contribution in [3.8, 4) is 11.5 Å². The van der Waals surface area contributed by atoms with E-state index in [4.69, 9.17) is 32.7 Å². The van der Waals surface area contributed by atoms with Crippen LogP contribution in [-0.4, -0.2) is 45.9 Å². The third kappa shape index (κ3) is 4.06. The summed E-state index contributed by atoms with van der Waals surface area (Å²) >= 11 is 12.7. The summed E-state index contributed by atoms with van der Waals surface area (Å²) in [6, 6.07) is 9.08. The van der Waals surface area contributed by atoms with Gasteiger partial charge in [0.25, 0.3) is 11.7 Å². The molecule has 1 unspecified atom stereocenters. The molecule has 1 N–H and O–H groups in total. The second kappa shape index (κ2) is 9.70. The van der Waals surface area contributed by atoms with Crippen molar-refractivity contribution in [2.45, 2.75) is 12.6 Å². The first-order valence-electron chi connectivity index (χ1n) is 10.1. The van der Waals surface area contributed by atoms with Crippen LogP contribution in [0.1, 0.15) is 22.9 Å². The van der Waals surface area contributed by atoms with Crippen molar-refractivity contribution in [1.29, 1.82) is 0 Å². The predicted octanol–water partition coefficient (Wildman–Crippen LogP) is 4.42. The molecular formula is C24H19Cl2N3O5. The number of amides is 1. The van der Waals surface area contributed by atoms with Crippen LogP contribution in [0.5, 0.6) is 11.5 Å². The number of halogens is 2. The van der Waals surface area contributed by atoms with Crippen LogP contribution in [-0.2, 0) is 16.1 Å². The van der Waals surface area contributed by atoms with Crippen molar-refractivity contribution in [2.24, 2.45) is 0 Å². The number of carbonyl (C=O) groups is 2. The maximum absolute atomic E-state index is 13.2. The first-order chi connectivity index (χ1) is 16.4. The normalized spacial score (nSPS) is 17.2. The molecule has 1 saturated heterocycles. The Morgan fingerprint density at radius 2 is 1.76 bits per heavy atom. The predicted molar refractivity (Wildman–Crippen MR) is 126 cm³/mol. The van der Waals surface area contributed by atoms with Crippen LogP contribution < -0.4 is 9.47 Å². The van der Waals surface area contributed by atoms with Gasteiger partial charge in [0, 0.05) is 18.6 Å². The molecule has 4 rings (SSSR count).